The smallest absolute Gasteiger partial charge is 0.0675 e. The molecule has 6 rings (SSSR count). The van der Waals surface area contributed by atoms with Crippen molar-refractivity contribution in [1.29, 1.82) is 0 Å². The topological polar surface area (TPSA) is 18.5 Å². The maximum absolute atomic E-state index is 6.60. The number of methoxy groups -OCH3 is 2. The predicted octanol–water partition coefficient (Wildman–Crippen LogP) is 12.1. The van der Waals surface area contributed by atoms with Gasteiger partial charge in [-0.1, -0.05) is 114 Å². The minimum absolute atomic E-state index is 0.211. The van der Waals surface area contributed by atoms with Gasteiger partial charge in [-0.2, -0.15) is 0 Å². The zero-order valence-corrected chi connectivity index (χ0v) is 33.9. The van der Waals surface area contributed by atoms with E-state index < -0.39 is 0 Å². The minimum Gasteiger partial charge on any atom is -0.381 e. The first-order chi connectivity index (χ1) is 22.9. The molecule has 2 aromatic carbocycles. The van der Waals surface area contributed by atoms with Gasteiger partial charge in [0.25, 0.3) is 0 Å². The molecule has 0 amide bonds. The number of hydrogen-bond acceptors (Lipinski definition) is 2. The van der Waals surface area contributed by atoms with Crippen LogP contribution in [0.3, 0.4) is 0 Å². The summed E-state index contributed by atoms with van der Waals surface area (Å²) in [5.74, 6) is 8.11. The predicted molar refractivity (Wildman–Crippen MR) is 207 cm³/mol. The molecule has 4 aliphatic carbocycles. The molecule has 272 valence electrons. The average Bonchev–Trinajstić information content (AvgIpc) is 3.47. The molecule has 14 atom stereocenters. The fourth-order valence-electron chi connectivity index (χ4n) is 13.1. The van der Waals surface area contributed by atoms with Crippen LogP contribution in [-0.4, -0.2) is 26.4 Å². The summed E-state index contributed by atoms with van der Waals surface area (Å²) in [5, 5.41) is 0. The largest absolute Gasteiger partial charge is 0.381 e. The first kappa shape index (κ1) is 37.1. The van der Waals surface area contributed by atoms with Gasteiger partial charge in [0.1, 0.15) is 0 Å². The summed E-state index contributed by atoms with van der Waals surface area (Å²) < 4.78 is 13.2. The van der Waals surface area contributed by atoms with Gasteiger partial charge in [0.05, 0.1) is 12.2 Å². The summed E-state index contributed by atoms with van der Waals surface area (Å²) in [6, 6.07) is 14.7. The molecule has 0 spiro atoms. The number of hydrogen-bond donors (Lipinski definition) is 0. The Morgan fingerprint density at radius 1 is 0.510 bits per heavy atom. The van der Waals surface area contributed by atoms with Gasteiger partial charge in [-0.25, -0.2) is 0 Å². The van der Waals surface area contributed by atoms with E-state index in [-0.39, 0.29) is 23.0 Å². The van der Waals surface area contributed by atoms with Crippen LogP contribution in [-0.2, 0) is 9.47 Å². The molecule has 2 heteroatoms. The van der Waals surface area contributed by atoms with Crippen molar-refractivity contribution in [3.63, 3.8) is 0 Å². The van der Waals surface area contributed by atoms with Crippen molar-refractivity contribution in [3.8, 4) is 0 Å². The lowest BCUT2D eigenvalue weighted by atomic mass is 9.56. The number of aryl methyl sites for hydroxylation is 4. The Morgan fingerprint density at radius 3 is 1.12 bits per heavy atom. The lowest BCUT2D eigenvalue weighted by Gasteiger charge is -2.52. The lowest BCUT2D eigenvalue weighted by Crippen LogP contribution is -2.48. The summed E-state index contributed by atoms with van der Waals surface area (Å²) in [5.41, 5.74) is 9.08. The van der Waals surface area contributed by atoms with E-state index in [4.69, 9.17) is 9.47 Å². The van der Waals surface area contributed by atoms with E-state index in [2.05, 4.69) is 119 Å². The number of benzene rings is 2. The molecule has 0 aromatic heterocycles. The molecule has 0 bridgehead atoms. The summed E-state index contributed by atoms with van der Waals surface area (Å²) in [4.78, 5) is 0. The van der Waals surface area contributed by atoms with Crippen molar-refractivity contribution in [2.75, 3.05) is 14.2 Å². The van der Waals surface area contributed by atoms with E-state index in [9.17, 15) is 0 Å². The van der Waals surface area contributed by atoms with Gasteiger partial charge in [-0.15, -0.1) is 0 Å². The quantitative estimate of drug-likeness (QED) is 0.305. The third kappa shape index (κ3) is 6.98. The van der Waals surface area contributed by atoms with Crippen LogP contribution in [0.5, 0.6) is 0 Å². The van der Waals surface area contributed by atoms with Crippen molar-refractivity contribution in [2.45, 2.75) is 139 Å². The highest BCUT2D eigenvalue weighted by molar-refractivity contribution is 5.35. The molecule has 4 saturated carbocycles. The van der Waals surface area contributed by atoms with Gasteiger partial charge in [-0.3, -0.25) is 0 Å². The standard InChI is InChI=1S/C47H72O2/c1-26-15-27(2)18-32(17-26)42-38-21-30(5)34(36(38)24-40(44(42)48-13)46(7,8)9)23-35-31(6)22-39-37(35)25-41(47(10,11)12)45(49-14)43(39)33-19-28(3)16-29(4)20-33/h15-20,30-31,34-45H,21-25H2,1-14H3. The first-order valence-corrected chi connectivity index (χ1v) is 20.1. The van der Waals surface area contributed by atoms with Gasteiger partial charge < -0.3 is 9.47 Å². The van der Waals surface area contributed by atoms with E-state index in [0.29, 0.717) is 35.5 Å². The molecule has 0 aliphatic heterocycles. The van der Waals surface area contributed by atoms with Gasteiger partial charge >= 0.3 is 0 Å². The summed E-state index contributed by atoms with van der Waals surface area (Å²) in [6.07, 6.45) is 7.30. The highest BCUT2D eigenvalue weighted by Gasteiger charge is 2.59. The second-order valence-electron chi connectivity index (χ2n) is 20.4. The molecule has 14 unspecified atom stereocenters. The van der Waals surface area contributed by atoms with Crippen molar-refractivity contribution < 1.29 is 9.47 Å². The van der Waals surface area contributed by atoms with E-state index in [1.165, 1.54) is 65.5 Å². The monoisotopic (exact) mass is 669 g/mol. The molecule has 0 radical (unpaired) electrons. The van der Waals surface area contributed by atoms with Gasteiger partial charge in [0.15, 0.2) is 0 Å². The Hall–Kier alpha value is -1.64. The van der Waals surface area contributed by atoms with E-state index in [0.717, 1.165) is 35.5 Å². The van der Waals surface area contributed by atoms with Crippen LogP contribution in [0.2, 0.25) is 0 Å². The third-order valence-corrected chi connectivity index (χ3v) is 15.0. The molecule has 0 saturated heterocycles. The molecule has 2 aromatic rings. The minimum atomic E-state index is 0.211. The second-order valence-corrected chi connectivity index (χ2v) is 20.4. The molecule has 0 N–H and O–H groups in total. The van der Waals surface area contributed by atoms with E-state index in [1.807, 2.05) is 14.2 Å². The zero-order valence-electron chi connectivity index (χ0n) is 33.9. The normalized spacial score (nSPS) is 39.6. The summed E-state index contributed by atoms with van der Waals surface area (Å²) in [6.45, 7) is 29.3. The maximum Gasteiger partial charge on any atom is 0.0675 e. The average molecular weight is 669 g/mol. The Morgan fingerprint density at radius 2 is 0.837 bits per heavy atom. The van der Waals surface area contributed by atoms with Gasteiger partial charge in [0.2, 0.25) is 0 Å². The highest BCUT2D eigenvalue weighted by atomic mass is 16.5. The Kier molecular flexibility index (Phi) is 10.4. The van der Waals surface area contributed by atoms with Crippen LogP contribution in [0, 0.1) is 97.7 Å². The van der Waals surface area contributed by atoms with Crippen LogP contribution in [0.15, 0.2) is 36.4 Å². The molecule has 49 heavy (non-hydrogen) atoms. The fourth-order valence-corrected chi connectivity index (χ4v) is 13.1. The van der Waals surface area contributed by atoms with E-state index in [1.54, 1.807) is 0 Å². The summed E-state index contributed by atoms with van der Waals surface area (Å²) >= 11 is 0. The number of ether oxygens (including phenoxy) is 2. The third-order valence-electron chi connectivity index (χ3n) is 15.0. The lowest BCUT2D eigenvalue weighted by molar-refractivity contribution is -0.0816. The molecule has 4 fully saturated rings. The molecule has 2 nitrogen and oxygen atoms in total. The molecular formula is C47H72O2. The molecule has 0 heterocycles. The fraction of sp³-hybridized carbons (Fsp3) is 0.745. The van der Waals surface area contributed by atoms with Crippen LogP contribution >= 0.6 is 0 Å². The van der Waals surface area contributed by atoms with Crippen LogP contribution in [0.25, 0.3) is 0 Å². The Balaban J connectivity index is 1.37. The van der Waals surface area contributed by atoms with Crippen LogP contribution < -0.4 is 0 Å². The molecule has 4 aliphatic rings. The first-order valence-electron chi connectivity index (χ1n) is 20.1. The second kappa shape index (κ2) is 13.7. The zero-order chi connectivity index (χ0) is 35.7. The number of rotatable bonds is 6. The highest BCUT2D eigenvalue weighted by Crippen LogP contribution is 2.64. The van der Waals surface area contributed by atoms with E-state index >= 15 is 0 Å². The van der Waals surface area contributed by atoms with Crippen molar-refractivity contribution in [2.24, 2.45) is 70.0 Å². The number of fused-ring (bicyclic) bond motifs is 2. The van der Waals surface area contributed by atoms with Crippen LogP contribution in [0.1, 0.15) is 133 Å². The van der Waals surface area contributed by atoms with Gasteiger partial charge in [-0.05, 0) is 141 Å². The maximum atomic E-state index is 6.60. The SMILES string of the molecule is COC1C(c2cc(C)cc(C)c2)C2CC(C)C(CC3C(C)CC4C3CC(C(C)(C)C)C(OC)C4c3cc(C)cc(C)c3)C2CC1C(C)(C)C. The van der Waals surface area contributed by atoms with Crippen molar-refractivity contribution in [1.82, 2.24) is 0 Å². The van der Waals surface area contributed by atoms with Gasteiger partial charge in [0, 0.05) is 26.1 Å². The summed E-state index contributed by atoms with van der Waals surface area (Å²) in [7, 11) is 4.01. The van der Waals surface area contributed by atoms with Crippen molar-refractivity contribution in [3.05, 3.63) is 69.8 Å². The Bertz CT molecular complexity index is 1310. The molecular weight excluding hydrogens is 597 g/mol. The Labute approximate surface area is 301 Å². The van der Waals surface area contributed by atoms with Crippen molar-refractivity contribution >= 4 is 0 Å². The van der Waals surface area contributed by atoms with Crippen LogP contribution in [0.4, 0.5) is 0 Å².